The number of hydrogen-bond acceptors (Lipinski definition) is 2. The predicted molar refractivity (Wildman–Crippen MR) is 94.4 cm³/mol. The molecule has 0 aliphatic heterocycles. The second-order valence-electron chi connectivity index (χ2n) is 7.08. The van der Waals surface area contributed by atoms with Gasteiger partial charge in [0.1, 0.15) is 5.75 Å². The number of benzene rings is 1. The Balaban J connectivity index is 2.00. The number of hydrogen-bond donors (Lipinski definition) is 0. The highest BCUT2D eigenvalue weighted by Gasteiger charge is 2.38. The van der Waals surface area contributed by atoms with Gasteiger partial charge in [-0.05, 0) is 56.4 Å². The summed E-state index contributed by atoms with van der Waals surface area (Å²) >= 11 is 0. The van der Waals surface area contributed by atoms with Crippen LogP contribution in [0.15, 0.2) is 17.1 Å². The van der Waals surface area contributed by atoms with E-state index in [4.69, 9.17) is 4.74 Å². The van der Waals surface area contributed by atoms with Gasteiger partial charge in [0, 0.05) is 19.0 Å². The Kier molecular flexibility index (Phi) is 5.49. The molecule has 0 unspecified atom stereocenters. The number of aryl methyl sites for hydroxylation is 2. The maximum atomic E-state index is 6.02. The molecule has 3 heteroatoms. The summed E-state index contributed by atoms with van der Waals surface area (Å²) < 4.78 is 6.02. The van der Waals surface area contributed by atoms with Gasteiger partial charge in [-0.1, -0.05) is 20.3 Å². The summed E-state index contributed by atoms with van der Waals surface area (Å²) in [6.45, 7) is 10.6. The summed E-state index contributed by atoms with van der Waals surface area (Å²) in [6, 6.07) is 4.25. The van der Waals surface area contributed by atoms with Gasteiger partial charge in [0.25, 0.3) is 0 Å². The number of rotatable bonds is 8. The van der Waals surface area contributed by atoms with E-state index in [0.717, 1.165) is 24.6 Å². The van der Waals surface area contributed by atoms with Crippen LogP contribution in [-0.2, 0) is 0 Å². The monoisotopic (exact) mass is 302 g/mol. The lowest BCUT2D eigenvalue weighted by molar-refractivity contribution is 0.246. The fourth-order valence-electron chi connectivity index (χ4n) is 2.30. The fourth-order valence-corrected chi connectivity index (χ4v) is 2.30. The average molecular weight is 302 g/mol. The molecule has 122 valence electrons. The van der Waals surface area contributed by atoms with E-state index in [1.54, 1.807) is 0 Å². The minimum Gasteiger partial charge on any atom is -0.493 e. The molecule has 0 amide bonds. The van der Waals surface area contributed by atoms with Gasteiger partial charge in [-0.25, -0.2) is 4.99 Å². The fraction of sp³-hybridized carbons (Fsp3) is 0.632. The SMILES string of the molecule is CCCCN(C)C=Nc1cc(C)c(OCC2(C)CC2)cc1C. The Hall–Kier alpha value is -1.51. The van der Waals surface area contributed by atoms with E-state index in [9.17, 15) is 0 Å². The number of aliphatic imine (C=N–C) groups is 1. The lowest BCUT2D eigenvalue weighted by Crippen LogP contribution is -2.16. The van der Waals surface area contributed by atoms with E-state index in [2.05, 4.69) is 56.8 Å². The van der Waals surface area contributed by atoms with Gasteiger partial charge in [-0.3, -0.25) is 0 Å². The first-order valence-corrected chi connectivity index (χ1v) is 8.42. The molecule has 1 fully saturated rings. The molecule has 22 heavy (non-hydrogen) atoms. The van der Waals surface area contributed by atoms with Gasteiger partial charge in [0.05, 0.1) is 18.6 Å². The van der Waals surface area contributed by atoms with Gasteiger partial charge in [0.15, 0.2) is 0 Å². The molecule has 0 heterocycles. The van der Waals surface area contributed by atoms with Crippen molar-refractivity contribution >= 4 is 12.0 Å². The summed E-state index contributed by atoms with van der Waals surface area (Å²) in [5.41, 5.74) is 3.78. The van der Waals surface area contributed by atoms with E-state index in [1.807, 2.05) is 6.34 Å². The van der Waals surface area contributed by atoms with Crippen LogP contribution in [-0.4, -0.2) is 31.4 Å². The Labute approximate surface area is 135 Å². The van der Waals surface area contributed by atoms with Crippen LogP contribution in [0.3, 0.4) is 0 Å². The van der Waals surface area contributed by atoms with Crippen molar-refractivity contribution in [3.63, 3.8) is 0 Å². The molecule has 1 aliphatic carbocycles. The summed E-state index contributed by atoms with van der Waals surface area (Å²) in [4.78, 5) is 6.78. The zero-order chi connectivity index (χ0) is 16.2. The van der Waals surface area contributed by atoms with Crippen LogP contribution in [0.5, 0.6) is 5.75 Å². The highest BCUT2D eigenvalue weighted by molar-refractivity contribution is 5.64. The van der Waals surface area contributed by atoms with Crippen molar-refractivity contribution in [3.05, 3.63) is 23.3 Å². The summed E-state index contributed by atoms with van der Waals surface area (Å²) in [6.07, 6.45) is 6.92. The van der Waals surface area contributed by atoms with Crippen molar-refractivity contribution in [2.24, 2.45) is 10.4 Å². The molecular weight excluding hydrogens is 272 g/mol. The number of unbranched alkanes of at least 4 members (excludes halogenated alkanes) is 1. The third-order valence-electron chi connectivity index (χ3n) is 4.43. The van der Waals surface area contributed by atoms with E-state index in [0.29, 0.717) is 5.41 Å². The Bertz CT molecular complexity index is 532. The minimum absolute atomic E-state index is 0.416. The molecule has 2 rings (SSSR count). The van der Waals surface area contributed by atoms with Crippen LogP contribution < -0.4 is 4.74 Å². The van der Waals surface area contributed by atoms with Crippen LogP contribution >= 0.6 is 0 Å². The van der Waals surface area contributed by atoms with Gasteiger partial charge in [0.2, 0.25) is 0 Å². The summed E-state index contributed by atoms with van der Waals surface area (Å²) in [7, 11) is 2.08. The van der Waals surface area contributed by atoms with Crippen molar-refractivity contribution in [1.29, 1.82) is 0 Å². The van der Waals surface area contributed by atoms with Crippen molar-refractivity contribution in [2.45, 2.75) is 53.4 Å². The first kappa shape index (κ1) is 16.9. The van der Waals surface area contributed by atoms with Crippen LogP contribution in [0.4, 0.5) is 5.69 Å². The Morgan fingerprint density at radius 2 is 2.00 bits per heavy atom. The maximum absolute atomic E-state index is 6.02. The van der Waals surface area contributed by atoms with E-state index in [-0.39, 0.29) is 0 Å². The van der Waals surface area contributed by atoms with Gasteiger partial charge >= 0.3 is 0 Å². The molecule has 0 atom stereocenters. The second-order valence-corrected chi connectivity index (χ2v) is 7.08. The largest absolute Gasteiger partial charge is 0.493 e. The maximum Gasteiger partial charge on any atom is 0.122 e. The predicted octanol–water partition coefficient (Wildman–Crippen LogP) is 4.87. The summed E-state index contributed by atoms with van der Waals surface area (Å²) in [5.74, 6) is 1.00. The molecule has 3 nitrogen and oxygen atoms in total. The molecule has 0 N–H and O–H groups in total. The minimum atomic E-state index is 0.416. The molecule has 0 radical (unpaired) electrons. The average Bonchev–Trinajstić information content (AvgIpc) is 3.22. The third-order valence-corrected chi connectivity index (χ3v) is 4.43. The highest BCUT2D eigenvalue weighted by Crippen LogP contribution is 2.45. The lowest BCUT2D eigenvalue weighted by atomic mass is 10.1. The molecule has 1 aromatic carbocycles. The lowest BCUT2D eigenvalue weighted by Gasteiger charge is -2.15. The quantitative estimate of drug-likeness (QED) is 0.505. The van der Waals surface area contributed by atoms with Gasteiger partial charge < -0.3 is 9.64 Å². The molecule has 1 aromatic rings. The third kappa shape index (κ3) is 4.75. The smallest absolute Gasteiger partial charge is 0.122 e. The van der Waals surface area contributed by atoms with E-state index >= 15 is 0 Å². The molecule has 0 aromatic heterocycles. The first-order chi connectivity index (χ1) is 10.4. The van der Waals surface area contributed by atoms with Crippen molar-refractivity contribution in [2.75, 3.05) is 20.2 Å². The number of ether oxygens (including phenoxy) is 1. The number of nitrogens with zero attached hydrogens (tertiary/aromatic N) is 2. The van der Waals surface area contributed by atoms with Crippen LogP contribution in [0.25, 0.3) is 0 Å². The normalized spacial score (nSPS) is 16.0. The standard InChI is InChI=1S/C19H30N2O/c1-6-7-10-21(5)14-20-17-11-16(3)18(12-15(17)2)22-13-19(4)8-9-19/h11-12,14H,6-10,13H2,1-5H3. The van der Waals surface area contributed by atoms with Gasteiger partial charge in [-0.15, -0.1) is 0 Å². The first-order valence-electron chi connectivity index (χ1n) is 8.42. The molecule has 1 saturated carbocycles. The highest BCUT2D eigenvalue weighted by atomic mass is 16.5. The van der Waals surface area contributed by atoms with E-state index in [1.165, 1.54) is 36.8 Å². The zero-order valence-electron chi connectivity index (χ0n) is 14.8. The molecule has 0 spiro atoms. The zero-order valence-corrected chi connectivity index (χ0v) is 14.8. The van der Waals surface area contributed by atoms with Gasteiger partial charge in [-0.2, -0.15) is 0 Å². The van der Waals surface area contributed by atoms with Crippen molar-refractivity contribution < 1.29 is 4.74 Å². The molecular formula is C19H30N2O. The Morgan fingerprint density at radius 1 is 1.27 bits per heavy atom. The van der Waals surface area contributed by atoms with Crippen molar-refractivity contribution in [3.8, 4) is 5.75 Å². The second kappa shape index (κ2) is 7.17. The summed E-state index contributed by atoms with van der Waals surface area (Å²) in [5, 5.41) is 0. The van der Waals surface area contributed by atoms with Crippen molar-refractivity contribution in [1.82, 2.24) is 4.90 Å². The van der Waals surface area contributed by atoms with Crippen LogP contribution in [0.2, 0.25) is 0 Å². The molecule has 0 bridgehead atoms. The molecule has 1 aliphatic rings. The van der Waals surface area contributed by atoms with E-state index < -0.39 is 0 Å². The van der Waals surface area contributed by atoms with Crippen LogP contribution in [0.1, 0.15) is 50.7 Å². The topological polar surface area (TPSA) is 24.8 Å². The molecule has 0 saturated heterocycles. The van der Waals surface area contributed by atoms with Crippen LogP contribution in [0, 0.1) is 19.3 Å². The Morgan fingerprint density at radius 3 is 2.64 bits per heavy atom.